The summed E-state index contributed by atoms with van der Waals surface area (Å²) < 4.78 is 35.8. The molecular weight excluding hydrogens is 459 g/mol. The summed E-state index contributed by atoms with van der Waals surface area (Å²) in [7, 11) is -2.23. The average molecular weight is 479 g/mol. The van der Waals surface area contributed by atoms with Crippen molar-refractivity contribution in [3.05, 3.63) is 87.4 Å². The zero-order valence-corrected chi connectivity index (χ0v) is 19.1. The number of benzene rings is 3. The summed E-state index contributed by atoms with van der Waals surface area (Å²) in [5.41, 5.74) is 2.37. The molecule has 162 valence electrons. The summed E-state index contributed by atoms with van der Waals surface area (Å²) in [5, 5.41) is 4.90. The van der Waals surface area contributed by atoms with Gasteiger partial charge in [0.05, 0.1) is 18.2 Å². The molecule has 31 heavy (non-hydrogen) atoms. The zero-order chi connectivity index (χ0) is 22.4. The van der Waals surface area contributed by atoms with Crippen LogP contribution < -0.4 is 14.3 Å². The number of nitrogens with one attached hydrogen (secondary N) is 1. The maximum Gasteiger partial charge on any atom is 0.276 e. The van der Waals surface area contributed by atoms with Crippen molar-refractivity contribution in [2.75, 3.05) is 7.11 Å². The van der Waals surface area contributed by atoms with Gasteiger partial charge in [0, 0.05) is 15.6 Å². The van der Waals surface area contributed by atoms with E-state index in [1.807, 2.05) is 6.92 Å². The van der Waals surface area contributed by atoms with Crippen molar-refractivity contribution in [1.29, 1.82) is 0 Å². The van der Waals surface area contributed by atoms with Gasteiger partial charge in [-0.2, -0.15) is 13.5 Å². The molecule has 0 saturated carbocycles. The molecule has 0 amide bonds. The fourth-order valence-electron chi connectivity index (χ4n) is 2.62. The van der Waals surface area contributed by atoms with E-state index < -0.39 is 10.0 Å². The van der Waals surface area contributed by atoms with Gasteiger partial charge in [0.25, 0.3) is 10.0 Å². The maximum absolute atomic E-state index is 12.3. The van der Waals surface area contributed by atoms with E-state index in [1.54, 1.807) is 48.5 Å². The highest BCUT2D eigenvalue weighted by molar-refractivity contribution is 7.89. The van der Waals surface area contributed by atoms with Crippen molar-refractivity contribution in [2.24, 2.45) is 5.10 Å². The van der Waals surface area contributed by atoms with Crippen LogP contribution in [0.4, 0.5) is 0 Å². The van der Waals surface area contributed by atoms with E-state index >= 15 is 0 Å². The molecule has 1 N–H and O–H groups in total. The number of hydrazone groups is 1. The molecule has 0 fully saturated rings. The molecule has 0 aromatic heterocycles. The van der Waals surface area contributed by atoms with E-state index in [-0.39, 0.29) is 11.5 Å². The van der Waals surface area contributed by atoms with Gasteiger partial charge in [-0.1, -0.05) is 47.0 Å². The Labute approximate surface area is 191 Å². The number of nitrogens with zero attached hydrogens (tertiary/aromatic N) is 1. The van der Waals surface area contributed by atoms with E-state index in [0.29, 0.717) is 27.1 Å². The first-order chi connectivity index (χ1) is 14.8. The van der Waals surface area contributed by atoms with Crippen LogP contribution in [-0.4, -0.2) is 21.7 Å². The molecule has 0 unspecified atom stereocenters. The molecule has 0 heterocycles. The predicted molar refractivity (Wildman–Crippen MR) is 123 cm³/mol. The average Bonchev–Trinajstić information content (AvgIpc) is 2.74. The Kier molecular flexibility index (Phi) is 7.43. The first kappa shape index (κ1) is 22.9. The second-order valence-corrected chi connectivity index (χ2v) is 9.11. The standard InChI is InChI=1S/C22H20Cl2N2O4S/c1-15-3-8-19(9-4-15)31(27,28)26-25-13-16-5-10-21(22(11-16)29-2)30-14-17-6-7-18(23)12-20(17)24/h3-13,26H,14H2,1-2H3/b25-13+. The lowest BCUT2D eigenvalue weighted by Gasteiger charge is -2.12. The van der Waals surface area contributed by atoms with E-state index in [1.165, 1.54) is 25.5 Å². The minimum atomic E-state index is -3.74. The van der Waals surface area contributed by atoms with Gasteiger partial charge in [-0.25, -0.2) is 4.83 Å². The molecule has 3 aromatic carbocycles. The Bertz CT molecular complexity index is 1200. The quantitative estimate of drug-likeness (QED) is 0.356. The van der Waals surface area contributed by atoms with Crippen LogP contribution in [0.15, 0.2) is 70.7 Å². The third-order valence-corrected chi connectivity index (χ3v) is 6.13. The number of hydrogen-bond donors (Lipinski definition) is 1. The summed E-state index contributed by atoms with van der Waals surface area (Å²) in [6, 6.07) is 16.8. The van der Waals surface area contributed by atoms with Gasteiger partial charge in [0.15, 0.2) is 11.5 Å². The molecule has 0 aliphatic rings. The van der Waals surface area contributed by atoms with Gasteiger partial charge >= 0.3 is 0 Å². The number of hydrogen-bond acceptors (Lipinski definition) is 5. The monoisotopic (exact) mass is 478 g/mol. The molecule has 0 atom stereocenters. The third kappa shape index (κ3) is 6.13. The van der Waals surface area contributed by atoms with Gasteiger partial charge in [0.1, 0.15) is 6.61 Å². The largest absolute Gasteiger partial charge is 0.493 e. The lowest BCUT2D eigenvalue weighted by atomic mass is 10.2. The topological polar surface area (TPSA) is 77.0 Å². The van der Waals surface area contributed by atoms with Crippen LogP contribution in [0.3, 0.4) is 0 Å². The highest BCUT2D eigenvalue weighted by Gasteiger charge is 2.12. The van der Waals surface area contributed by atoms with E-state index in [4.69, 9.17) is 32.7 Å². The second kappa shape index (κ2) is 10.0. The van der Waals surface area contributed by atoms with E-state index in [0.717, 1.165) is 11.1 Å². The maximum atomic E-state index is 12.3. The molecule has 0 saturated heterocycles. The van der Waals surface area contributed by atoms with Gasteiger partial charge < -0.3 is 9.47 Å². The molecule has 9 heteroatoms. The summed E-state index contributed by atoms with van der Waals surface area (Å²) in [6.45, 7) is 2.11. The van der Waals surface area contributed by atoms with Gasteiger partial charge in [-0.15, -0.1) is 0 Å². The molecule has 0 spiro atoms. The third-order valence-electron chi connectivity index (χ3n) is 4.30. The Balaban J connectivity index is 1.68. The number of rotatable bonds is 8. The van der Waals surface area contributed by atoms with Crippen molar-refractivity contribution in [1.82, 2.24) is 4.83 Å². The molecule has 0 bridgehead atoms. The SMILES string of the molecule is COc1cc(/C=N/NS(=O)(=O)c2ccc(C)cc2)ccc1OCc1ccc(Cl)cc1Cl. The lowest BCUT2D eigenvalue weighted by Crippen LogP contribution is -2.18. The number of ether oxygens (including phenoxy) is 2. The fraction of sp³-hybridized carbons (Fsp3) is 0.136. The highest BCUT2D eigenvalue weighted by atomic mass is 35.5. The zero-order valence-electron chi connectivity index (χ0n) is 16.8. The minimum absolute atomic E-state index is 0.137. The summed E-state index contributed by atoms with van der Waals surface area (Å²) in [4.78, 5) is 2.33. The molecule has 3 aromatic rings. The summed E-state index contributed by atoms with van der Waals surface area (Å²) in [6.07, 6.45) is 1.38. The second-order valence-electron chi connectivity index (χ2n) is 6.60. The first-order valence-electron chi connectivity index (χ1n) is 9.15. The molecule has 6 nitrogen and oxygen atoms in total. The van der Waals surface area contributed by atoms with Crippen molar-refractivity contribution in [3.8, 4) is 11.5 Å². The first-order valence-corrected chi connectivity index (χ1v) is 11.4. The molecular formula is C22H20Cl2N2O4S. The van der Waals surface area contributed by atoms with Crippen LogP contribution in [0, 0.1) is 6.92 Å². The van der Waals surface area contributed by atoms with Crippen molar-refractivity contribution < 1.29 is 17.9 Å². The number of sulfonamides is 1. The smallest absolute Gasteiger partial charge is 0.276 e. The van der Waals surface area contributed by atoms with Crippen LogP contribution in [0.5, 0.6) is 11.5 Å². The number of halogens is 2. The Morgan fingerprint density at radius 2 is 1.74 bits per heavy atom. The summed E-state index contributed by atoms with van der Waals surface area (Å²) in [5.74, 6) is 0.973. The fourth-order valence-corrected chi connectivity index (χ4v) is 3.87. The molecule has 3 rings (SSSR count). The van der Waals surface area contributed by atoms with Crippen molar-refractivity contribution >= 4 is 39.4 Å². The van der Waals surface area contributed by atoms with Gasteiger partial charge in [-0.05, 0) is 55.0 Å². The normalized spacial score (nSPS) is 11.5. The summed E-state index contributed by atoms with van der Waals surface area (Å²) >= 11 is 12.1. The number of aryl methyl sites for hydroxylation is 1. The molecule has 0 radical (unpaired) electrons. The van der Waals surface area contributed by atoms with Crippen LogP contribution in [0.2, 0.25) is 10.0 Å². The van der Waals surface area contributed by atoms with Crippen LogP contribution in [0.1, 0.15) is 16.7 Å². The number of methoxy groups -OCH3 is 1. The van der Waals surface area contributed by atoms with Gasteiger partial charge in [0.2, 0.25) is 0 Å². The molecule has 0 aliphatic heterocycles. The van der Waals surface area contributed by atoms with Crippen LogP contribution in [-0.2, 0) is 16.6 Å². The van der Waals surface area contributed by atoms with Crippen LogP contribution in [0.25, 0.3) is 0 Å². The van der Waals surface area contributed by atoms with Gasteiger partial charge in [-0.3, -0.25) is 0 Å². The Morgan fingerprint density at radius 1 is 1.00 bits per heavy atom. The Morgan fingerprint density at radius 3 is 2.42 bits per heavy atom. The van der Waals surface area contributed by atoms with Crippen LogP contribution >= 0.6 is 23.2 Å². The van der Waals surface area contributed by atoms with E-state index in [2.05, 4.69) is 9.93 Å². The van der Waals surface area contributed by atoms with Crippen molar-refractivity contribution in [3.63, 3.8) is 0 Å². The van der Waals surface area contributed by atoms with E-state index in [9.17, 15) is 8.42 Å². The minimum Gasteiger partial charge on any atom is -0.493 e. The lowest BCUT2D eigenvalue weighted by molar-refractivity contribution is 0.284. The Hall–Kier alpha value is -2.74. The van der Waals surface area contributed by atoms with Crippen molar-refractivity contribution in [2.45, 2.75) is 18.4 Å². The predicted octanol–water partition coefficient (Wildman–Crippen LogP) is 5.20. The highest BCUT2D eigenvalue weighted by Crippen LogP contribution is 2.29. The molecule has 0 aliphatic carbocycles.